The van der Waals surface area contributed by atoms with Gasteiger partial charge in [-0.05, 0) is 17.2 Å². The van der Waals surface area contributed by atoms with Gasteiger partial charge in [0.1, 0.15) is 6.33 Å². The van der Waals surface area contributed by atoms with Crippen LogP contribution in [-0.4, -0.2) is 15.0 Å². The van der Waals surface area contributed by atoms with Gasteiger partial charge in [0.15, 0.2) is 5.65 Å². The third-order valence-electron chi connectivity index (χ3n) is 2.21. The Morgan fingerprint density at radius 1 is 1.40 bits per heavy atom. The van der Waals surface area contributed by atoms with Crippen molar-refractivity contribution in [3.63, 3.8) is 0 Å². The summed E-state index contributed by atoms with van der Waals surface area (Å²) in [5.41, 5.74) is 1.33. The molecule has 0 spiro atoms. The number of hydrogen-bond donors (Lipinski definition) is 0. The van der Waals surface area contributed by atoms with Crippen molar-refractivity contribution in [3.8, 4) is 0 Å². The first-order chi connectivity index (χ1) is 7.22. The van der Waals surface area contributed by atoms with Gasteiger partial charge in [-0.25, -0.2) is 15.0 Å². The normalized spacial score (nSPS) is 10.9. The molecule has 2 aromatic rings. The van der Waals surface area contributed by atoms with E-state index in [2.05, 4.69) is 20.1 Å². The molecule has 5 heteroatoms. The SMILES string of the molecule is CC(C)c1cc2cncnc2nc1N=O. The molecule has 0 aromatic carbocycles. The maximum atomic E-state index is 10.6. The summed E-state index contributed by atoms with van der Waals surface area (Å²) in [6.07, 6.45) is 3.08. The number of pyridine rings is 1. The molecule has 0 atom stereocenters. The maximum absolute atomic E-state index is 10.6. The molecule has 0 aliphatic rings. The largest absolute Gasteiger partial charge is 0.244 e. The molecule has 0 N–H and O–H groups in total. The zero-order chi connectivity index (χ0) is 10.8. The first kappa shape index (κ1) is 9.64. The summed E-state index contributed by atoms with van der Waals surface area (Å²) in [5.74, 6) is 0.422. The van der Waals surface area contributed by atoms with E-state index < -0.39 is 0 Å². The van der Waals surface area contributed by atoms with Crippen LogP contribution in [0.2, 0.25) is 0 Å². The molecule has 2 aromatic heterocycles. The van der Waals surface area contributed by atoms with E-state index in [1.165, 1.54) is 6.33 Å². The van der Waals surface area contributed by atoms with Gasteiger partial charge in [-0.1, -0.05) is 13.8 Å². The molecule has 0 amide bonds. The Balaban J connectivity index is 2.74. The standard InChI is InChI=1S/C10H10N4O/c1-6(2)8-3-7-4-11-5-12-9(7)13-10(8)14-15/h3-6H,1-2H3. The van der Waals surface area contributed by atoms with Crippen LogP contribution in [0.1, 0.15) is 25.3 Å². The summed E-state index contributed by atoms with van der Waals surface area (Å²) in [6.45, 7) is 3.97. The van der Waals surface area contributed by atoms with Crippen LogP contribution in [0.4, 0.5) is 5.82 Å². The third kappa shape index (κ3) is 1.68. The third-order valence-corrected chi connectivity index (χ3v) is 2.21. The van der Waals surface area contributed by atoms with Crippen molar-refractivity contribution in [3.05, 3.63) is 29.1 Å². The van der Waals surface area contributed by atoms with Gasteiger partial charge >= 0.3 is 0 Å². The Morgan fingerprint density at radius 2 is 2.20 bits per heavy atom. The van der Waals surface area contributed by atoms with Crippen LogP contribution in [0, 0.1) is 4.91 Å². The summed E-state index contributed by atoms with van der Waals surface area (Å²) in [4.78, 5) is 22.6. The van der Waals surface area contributed by atoms with Gasteiger partial charge in [0.05, 0.1) is 0 Å². The second-order valence-electron chi connectivity index (χ2n) is 3.58. The lowest BCUT2D eigenvalue weighted by Crippen LogP contribution is -1.93. The Bertz CT molecular complexity index is 510. The van der Waals surface area contributed by atoms with Gasteiger partial charge in [0.25, 0.3) is 0 Å². The minimum absolute atomic E-state index is 0.204. The van der Waals surface area contributed by atoms with Gasteiger partial charge in [-0.3, -0.25) is 0 Å². The lowest BCUT2D eigenvalue weighted by Gasteiger charge is -2.07. The van der Waals surface area contributed by atoms with Crippen molar-refractivity contribution in [1.29, 1.82) is 0 Å². The van der Waals surface area contributed by atoms with Crippen LogP contribution >= 0.6 is 0 Å². The number of nitroso groups, excluding NO2 is 1. The Labute approximate surface area is 86.6 Å². The summed E-state index contributed by atoms with van der Waals surface area (Å²) < 4.78 is 0. The zero-order valence-electron chi connectivity index (χ0n) is 8.51. The number of fused-ring (bicyclic) bond motifs is 1. The Hall–Kier alpha value is -1.91. The molecular formula is C10H10N4O. The molecule has 0 bridgehead atoms. The van der Waals surface area contributed by atoms with Crippen molar-refractivity contribution < 1.29 is 0 Å². The molecule has 15 heavy (non-hydrogen) atoms. The average Bonchev–Trinajstić information content (AvgIpc) is 2.27. The fourth-order valence-electron chi connectivity index (χ4n) is 1.42. The molecule has 0 unspecified atom stereocenters. The predicted octanol–water partition coefficient (Wildman–Crippen LogP) is 2.55. The van der Waals surface area contributed by atoms with E-state index in [-0.39, 0.29) is 11.7 Å². The van der Waals surface area contributed by atoms with Crippen molar-refractivity contribution in [2.75, 3.05) is 0 Å². The van der Waals surface area contributed by atoms with Crippen LogP contribution in [0.5, 0.6) is 0 Å². The first-order valence-corrected chi connectivity index (χ1v) is 4.66. The summed E-state index contributed by atoms with van der Waals surface area (Å²) >= 11 is 0. The van der Waals surface area contributed by atoms with E-state index in [1.54, 1.807) is 6.20 Å². The van der Waals surface area contributed by atoms with Crippen LogP contribution in [0.25, 0.3) is 11.0 Å². The number of nitrogens with zero attached hydrogens (tertiary/aromatic N) is 4. The highest BCUT2D eigenvalue weighted by atomic mass is 16.3. The molecule has 76 valence electrons. The summed E-state index contributed by atoms with van der Waals surface area (Å²) in [5, 5.41) is 3.75. The highest BCUT2D eigenvalue weighted by Crippen LogP contribution is 2.27. The van der Waals surface area contributed by atoms with E-state index in [0.717, 1.165) is 10.9 Å². The monoisotopic (exact) mass is 202 g/mol. The predicted molar refractivity (Wildman–Crippen MR) is 56.9 cm³/mol. The highest BCUT2D eigenvalue weighted by Gasteiger charge is 2.11. The smallest absolute Gasteiger partial charge is 0.202 e. The van der Waals surface area contributed by atoms with E-state index in [0.29, 0.717) is 5.65 Å². The van der Waals surface area contributed by atoms with E-state index in [4.69, 9.17) is 0 Å². The first-order valence-electron chi connectivity index (χ1n) is 4.66. The average molecular weight is 202 g/mol. The van der Waals surface area contributed by atoms with Crippen LogP contribution in [-0.2, 0) is 0 Å². The van der Waals surface area contributed by atoms with Gasteiger partial charge in [-0.15, -0.1) is 4.91 Å². The molecule has 2 rings (SSSR count). The van der Waals surface area contributed by atoms with Crippen LogP contribution < -0.4 is 0 Å². The van der Waals surface area contributed by atoms with E-state index in [1.807, 2.05) is 19.9 Å². The second kappa shape index (κ2) is 3.68. The second-order valence-corrected chi connectivity index (χ2v) is 3.58. The maximum Gasteiger partial charge on any atom is 0.202 e. The number of hydrogen-bond acceptors (Lipinski definition) is 5. The molecule has 5 nitrogen and oxygen atoms in total. The zero-order valence-corrected chi connectivity index (χ0v) is 8.51. The van der Waals surface area contributed by atoms with Crippen molar-refractivity contribution >= 4 is 16.9 Å². The highest BCUT2D eigenvalue weighted by molar-refractivity contribution is 5.76. The lowest BCUT2D eigenvalue weighted by atomic mass is 10.0. The van der Waals surface area contributed by atoms with Crippen LogP contribution in [0.15, 0.2) is 23.8 Å². The number of rotatable bonds is 2. The molecule has 0 fully saturated rings. The van der Waals surface area contributed by atoms with Crippen molar-refractivity contribution in [1.82, 2.24) is 15.0 Å². The quantitative estimate of drug-likeness (QED) is 0.702. The topological polar surface area (TPSA) is 68.1 Å². The van der Waals surface area contributed by atoms with E-state index >= 15 is 0 Å². The summed E-state index contributed by atoms with van der Waals surface area (Å²) in [6, 6.07) is 1.86. The minimum Gasteiger partial charge on any atom is -0.244 e. The Kier molecular flexibility index (Phi) is 2.37. The molecule has 0 saturated heterocycles. The molecule has 0 saturated carbocycles. The van der Waals surface area contributed by atoms with Gasteiger partial charge < -0.3 is 0 Å². The molecule has 0 aliphatic heterocycles. The molecule has 2 heterocycles. The lowest BCUT2D eigenvalue weighted by molar-refractivity contribution is 0.860. The molecule has 0 aliphatic carbocycles. The van der Waals surface area contributed by atoms with Crippen LogP contribution in [0.3, 0.4) is 0 Å². The fraction of sp³-hybridized carbons (Fsp3) is 0.300. The van der Waals surface area contributed by atoms with Crippen molar-refractivity contribution in [2.45, 2.75) is 19.8 Å². The van der Waals surface area contributed by atoms with Gasteiger partial charge in [-0.2, -0.15) is 0 Å². The Morgan fingerprint density at radius 3 is 2.87 bits per heavy atom. The van der Waals surface area contributed by atoms with Crippen molar-refractivity contribution in [2.24, 2.45) is 5.18 Å². The molecular weight excluding hydrogens is 192 g/mol. The van der Waals surface area contributed by atoms with Gasteiger partial charge in [0, 0.05) is 17.1 Å². The fourth-order valence-corrected chi connectivity index (χ4v) is 1.42. The summed E-state index contributed by atoms with van der Waals surface area (Å²) in [7, 11) is 0. The molecule has 0 radical (unpaired) electrons. The van der Waals surface area contributed by atoms with E-state index in [9.17, 15) is 4.91 Å². The minimum atomic E-state index is 0.204. The number of aromatic nitrogens is 3. The van der Waals surface area contributed by atoms with Gasteiger partial charge in [0.2, 0.25) is 5.82 Å².